The maximum absolute atomic E-state index is 12.7. The molecule has 2 aliphatic rings. The number of hydrogen-bond donors (Lipinski definition) is 1. The Morgan fingerprint density at radius 1 is 0.925 bits per heavy atom. The Labute approximate surface area is 234 Å². The Morgan fingerprint density at radius 2 is 1.65 bits per heavy atom. The molecule has 0 radical (unpaired) electrons. The van der Waals surface area contributed by atoms with Crippen LogP contribution in [0.1, 0.15) is 40.0 Å². The first-order valence-corrected chi connectivity index (χ1v) is 14.1. The third-order valence-corrected chi connectivity index (χ3v) is 8.02. The molecule has 1 aromatic heterocycles. The lowest BCUT2D eigenvalue weighted by molar-refractivity contribution is 0.0643. The van der Waals surface area contributed by atoms with E-state index in [0.717, 1.165) is 72.6 Å². The highest BCUT2D eigenvalue weighted by atomic mass is 16.5. The summed E-state index contributed by atoms with van der Waals surface area (Å²) < 4.78 is 5.32. The summed E-state index contributed by atoms with van der Waals surface area (Å²) in [5, 5.41) is 4.86. The van der Waals surface area contributed by atoms with Crippen LogP contribution in [0.4, 0.5) is 5.69 Å². The lowest BCUT2D eigenvalue weighted by atomic mass is 9.97. The highest BCUT2D eigenvalue weighted by Crippen LogP contribution is 2.30. The van der Waals surface area contributed by atoms with Crippen LogP contribution >= 0.6 is 0 Å². The van der Waals surface area contributed by atoms with Gasteiger partial charge in [0.1, 0.15) is 5.75 Å². The van der Waals surface area contributed by atoms with Crippen molar-refractivity contribution in [1.82, 2.24) is 14.8 Å². The number of likely N-dealkylation sites (tertiary alicyclic amines) is 1. The molecule has 3 heterocycles. The molecule has 2 aliphatic heterocycles. The summed E-state index contributed by atoms with van der Waals surface area (Å²) in [7, 11) is 1.67. The molecule has 2 amide bonds. The zero-order valence-electron chi connectivity index (χ0n) is 22.8. The van der Waals surface area contributed by atoms with Crippen molar-refractivity contribution in [3.8, 4) is 17.0 Å². The van der Waals surface area contributed by atoms with Gasteiger partial charge in [0.15, 0.2) is 0 Å². The van der Waals surface area contributed by atoms with Crippen LogP contribution in [0, 0.1) is 5.92 Å². The molecule has 7 nitrogen and oxygen atoms in total. The number of carbonyl (C=O) groups excluding carboxylic acids is 2. The number of piperidine rings is 1. The molecule has 40 heavy (non-hydrogen) atoms. The molecule has 0 spiro atoms. The average molecular weight is 535 g/mol. The van der Waals surface area contributed by atoms with E-state index in [9.17, 15) is 9.59 Å². The highest BCUT2D eigenvalue weighted by Gasteiger charge is 2.34. The summed E-state index contributed by atoms with van der Waals surface area (Å²) in [6.45, 7) is 4.28. The van der Waals surface area contributed by atoms with Gasteiger partial charge in [-0.2, -0.15) is 0 Å². The molecule has 1 unspecified atom stereocenters. The number of hydrogen-bond acceptors (Lipinski definition) is 6. The minimum absolute atomic E-state index is 0.167. The van der Waals surface area contributed by atoms with Crippen molar-refractivity contribution in [1.29, 1.82) is 0 Å². The van der Waals surface area contributed by atoms with Crippen LogP contribution in [0.15, 0.2) is 78.9 Å². The normalized spacial score (nSPS) is 17.3. The molecule has 1 fully saturated rings. The minimum Gasteiger partial charge on any atom is -0.497 e. The smallest absolute Gasteiger partial charge is 0.261 e. The molecule has 1 N–H and O–H groups in total. The van der Waals surface area contributed by atoms with Crippen LogP contribution in [0.5, 0.6) is 5.75 Å². The first kappa shape index (κ1) is 26.0. The Morgan fingerprint density at radius 3 is 2.40 bits per heavy atom. The zero-order chi connectivity index (χ0) is 27.5. The van der Waals surface area contributed by atoms with Crippen LogP contribution in [0.3, 0.4) is 0 Å². The Bertz CT molecular complexity index is 1500. The monoisotopic (exact) mass is 534 g/mol. The fraction of sp³-hybridized carbons (Fsp3) is 0.303. The quantitative estimate of drug-likeness (QED) is 0.277. The first-order valence-electron chi connectivity index (χ1n) is 14.1. The Balaban J connectivity index is 1.07. The highest BCUT2D eigenvalue weighted by molar-refractivity contribution is 6.21. The number of anilines is 1. The van der Waals surface area contributed by atoms with Gasteiger partial charge in [0.25, 0.3) is 11.8 Å². The van der Waals surface area contributed by atoms with E-state index >= 15 is 0 Å². The molecule has 0 bridgehead atoms. The summed E-state index contributed by atoms with van der Waals surface area (Å²) in [5.41, 5.74) is 5.10. The van der Waals surface area contributed by atoms with Crippen molar-refractivity contribution in [2.75, 3.05) is 45.2 Å². The van der Waals surface area contributed by atoms with Crippen LogP contribution in [-0.2, 0) is 0 Å². The fourth-order valence-electron chi connectivity index (χ4n) is 5.90. The molecule has 0 saturated carbocycles. The predicted octanol–water partition coefficient (Wildman–Crippen LogP) is 5.72. The molecule has 6 rings (SSSR count). The van der Waals surface area contributed by atoms with Gasteiger partial charge in [-0.15, -0.1) is 0 Å². The van der Waals surface area contributed by atoms with Crippen LogP contribution in [0.25, 0.3) is 22.2 Å². The standard InChI is InChI=1S/C33H34N4O3/c1-40-25-15-13-24(14-16-25)30-20-31(28-11-4-5-12-29(28)35-30)34-21-23-8-6-17-36(22-23)18-7-19-37-32(38)26-9-2-3-10-27(26)33(37)39/h2-5,9-16,20,23H,6-8,17-19,21-22H2,1H3,(H,34,35). The van der Waals surface area contributed by atoms with E-state index in [1.807, 2.05) is 42.5 Å². The number of amides is 2. The van der Waals surface area contributed by atoms with Gasteiger partial charge in [-0.05, 0) is 86.8 Å². The van der Waals surface area contributed by atoms with Crippen LogP contribution < -0.4 is 10.1 Å². The largest absolute Gasteiger partial charge is 0.497 e. The van der Waals surface area contributed by atoms with Crippen molar-refractivity contribution in [3.05, 3.63) is 90.0 Å². The van der Waals surface area contributed by atoms with E-state index in [1.54, 1.807) is 19.2 Å². The fourth-order valence-corrected chi connectivity index (χ4v) is 5.90. The molecule has 7 heteroatoms. The zero-order valence-corrected chi connectivity index (χ0v) is 22.8. The SMILES string of the molecule is COc1ccc(-c2cc(NCC3CCCN(CCCN4C(=O)c5ccccc5C4=O)C3)c3ccccc3n2)cc1. The van der Waals surface area contributed by atoms with Crippen molar-refractivity contribution < 1.29 is 14.3 Å². The second-order valence-electron chi connectivity index (χ2n) is 10.7. The number of ether oxygens (including phenoxy) is 1. The topological polar surface area (TPSA) is 74.8 Å². The molecule has 3 aromatic carbocycles. The van der Waals surface area contributed by atoms with E-state index in [0.29, 0.717) is 23.6 Å². The predicted molar refractivity (Wildman–Crippen MR) is 158 cm³/mol. The van der Waals surface area contributed by atoms with Gasteiger partial charge in [0, 0.05) is 36.3 Å². The number of nitrogens with one attached hydrogen (secondary N) is 1. The number of fused-ring (bicyclic) bond motifs is 2. The van der Waals surface area contributed by atoms with Crippen molar-refractivity contribution in [2.24, 2.45) is 5.92 Å². The summed E-state index contributed by atoms with van der Waals surface area (Å²) in [5.74, 6) is 1.01. The number of benzene rings is 3. The molecule has 4 aromatic rings. The Kier molecular flexibility index (Phi) is 7.47. The summed E-state index contributed by atoms with van der Waals surface area (Å²) in [6, 6.07) is 25.5. The third kappa shape index (κ3) is 5.29. The maximum Gasteiger partial charge on any atom is 0.261 e. The number of nitrogens with zero attached hydrogens (tertiary/aromatic N) is 3. The number of rotatable bonds is 9. The molecular weight excluding hydrogens is 500 g/mol. The van der Waals surface area contributed by atoms with Gasteiger partial charge < -0.3 is 15.0 Å². The van der Waals surface area contributed by atoms with E-state index < -0.39 is 0 Å². The molecule has 1 saturated heterocycles. The summed E-state index contributed by atoms with van der Waals surface area (Å²) in [4.78, 5) is 34.1. The number of pyridine rings is 1. The second kappa shape index (κ2) is 11.5. The first-order chi connectivity index (χ1) is 19.6. The van der Waals surface area contributed by atoms with Gasteiger partial charge in [0.2, 0.25) is 0 Å². The van der Waals surface area contributed by atoms with Gasteiger partial charge in [-0.1, -0.05) is 30.3 Å². The minimum atomic E-state index is -0.167. The van der Waals surface area contributed by atoms with Gasteiger partial charge in [0.05, 0.1) is 29.4 Å². The maximum atomic E-state index is 12.7. The number of imide groups is 1. The lowest BCUT2D eigenvalue weighted by Crippen LogP contribution is -2.40. The third-order valence-electron chi connectivity index (χ3n) is 8.02. The van der Waals surface area contributed by atoms with E-state index in [1.165, 1.54) is 11.3 Å². The number of aromatic nitrogens is 1. The summed E-state index contributed by atoms with van der Waals surface area (Å²) >= 11 is 0. The van der Waals surface area contributed by atoms with E-state index in [-0.39, 0.29) is 11.8 Å². The molecule has 1 atom stereocenters. The molecule has 204 valence electrons. The van der Waals surface area contributed by atoms with Crippen LogP contribution in [-0.4, -0.2) is 66.4 Å². The van der Waals surface area contributed by atoms with Gasteiger partial charge in [-0.3, -0.25) is 14.5 Å². The molecule has 0 aliphatic carbocycles. The number of methoxy groups -OCH3 is 1. The second-order valence-corrected chi connectivity index (χ2v) is 10.7. The summed E-state index contributed by atoms with van der Waals surface area (Å²) in [6.07, 6.45) is 3.11. The van der Waals surface area contributed by atoms with E-state index in [2.05, 4.69) is 34.5 Å². The van der Waals surface area contributed by atoms with Gasteiger partial charge >= 0.3 is 0 Å². The lowest BCUT2D eigenvalue weighted by Gasteiger charge is -2.33. The molecular formula is C33H34N4O3. The van der Waals surface area contributed by atoms with Gasteiger partial charge in [-0.25, -0.2) is 4.98 Å². The van der Waals surface area contributed by atoms with Crippen LogP contribution in [0.2, 0.25) is 0 Å². The number of carbonyl (C=O) groups is 2. The van der Waals surface area contributed by atoms with Crippen molar-refractivity contribution in [3.63, 3.8) is 0 Å². The van der Waals surface area contributed by atoms with Crippen molar-refractivity contribution >= 4 is 28.4 Å². The van der Waals surface area contributed by atoms with E-state index in [4.69, 9.17) is 9.72 Å². The average Bonchev–Trinajstić information content (AvgIpc) is 3.25. The van der Waals surface area contributed by atoms with Crippen molar-refractivity contribution in [2.45, 2.75) is 19.3 Å². The Hall–Kier alpha value is -4.23. The number of para-hydroxylation sites is 1.